The first-order chi connectivity index (χ1) is 17.4. The third-order valence-electron chi connectivity index (χ3n) is 5.26. The Kier molecular flexibility index (Phi) is 7.69. The van der Waals surface area contributed by atoms with Crippen molar-refractivity contribution >= 4 is 18.1 Å². The third kappa shape index (κ3) is 6.12. The molecule has 0 spiro atoms. The van der Waals surface area contributed by atoms with E-state index in [1.54, 1.807) is 36.4 Å². The number of hydrazone groups is 1. The van der Waals surface area contributed by atoms with Crippen LogP contribution in [0, 0.1) is 13.8 Å². The van der Waals surface area contributed by atoms with E-state index in [-0.39, 0.29) is 18.1 Å². The molecule has 0 aliphatic carbocycles. The standard InChI is InChI=1S/C27H26N2O7/c1-17-4-5-18(2)22(12-17)35-16-25(30)29-28-15-19-6-8-21(9-7-19)36-27(31)20-13-23(32-3)26-24(14-20)33-10-11-34-26/h4-9,12-15H,10-11,16H2,1-3H3,(H,29,30). The second-order valence-electron chi connectivity index (χ2n) is 8.01. The largest absolute Gasteiger partial charge is 0.493 e. The summed E-state index contributed by atoms with van der Waals surface area (Å²) in [5.74, 6) is 1.35. The normalized spacial score (nSPS) is 12.2. The predicted molar refractivity (Wildman–Crippen MR) is 133 cm³/mol. The molecule has 0 atom stereocenters. The molecule has 0 saturated carbocycles. The number of ether oxygens (including phenoxy) is 5. The van der Waals surface area contributed by atoms with Crippen molar-refractivity contribution in [3.05, 3.63) is 76.9 Å². The molecule has 4 rings (SSSR count). The van der Waals surface area contributed by atoms with Crippen molar-refractivity contribution in [2.75, 3.05) is 26.9 Å². The first-order valence-electron chi connectivity index (χ1n) is 11.2. The van der Waals surface area contributed by atoms with Crippen molar-refractivity contribution in [1.29, 1.82) is 0 Å². The molecule has 1 aliphatic rings. The summed E-state index contributed by atoms with van der Waals surface area (Å²) in [6.07, 6.45) is 1.48. The third-order valence-corrected chi connectivity index (χ3v) is 5.26. The number of carbonyl (C=O) groups is 2. The topological polar surface area (TPSA) is 105 Å². The lowest BCUT2D eigenvalue weighted by molar-refractivity contribution is -0.123. The molecule has 0 saturated heterocycles. The number of hydrogen-bond donors (Lipinski definition) is 1. The number of nitrogens with one attached hydrogen (secondary N) is 1. The summed E-state index contributed by atoms with van der Waals surface area (Å²) in [5, 5.41) is 3.94. The maximum absolute atomic E-state index is 12.6. The van der Waals surface area contributed by atoms with Crippen LogP contribution < -0.4 is 29.1 Å². The first kappa shape index (κ1) is 24.6. The van der Waals surface area contributed by atoms with Gasteiger partial charge in [-0.3, -0.25) is 4.79 Å². The van der Waals surface area contributed by atoms with Gasteiger partial charge in [0.15, 0.2) is 18.1 Å². The molecule has 3 aromatic carbocycles. The molecule has 1 heterocycles. The molecule has 0 bridgehead atoms. The van der Waals surface area contributed by atoms with Crippen molar-refractivity contribution in [3.63, 3.8) is 0 Å². The van der Waals surface area contributed by atoms with E-state index >= 15 is 0 Å². The van der Waals surface area contributed by atoms with Crippen LogP contribution in [0.1, 0.15) is 27.0 Å². The van der Waals surface area contributed by atoms with Gasteiger partial charge in [-0.25, -0.2) is 10.2 Å². The molecule has 0 aromatic heterocycles. The SMILES string of the molecule is COc1cc(C(=O)Oc2ccc(C=NNC(=O)COc3cc(C)ccc3C)cc2)cc2c1OCCO2. The zero-order valence-electron chi connectivity index (χ0n) is 20.2. The number of amides is 1. The quantitative estimate of drug-likeness (QED) is 0.221. The predicted octanol–water partition coefficient (Wildman–Crippen LogP) is 3.83. The Hall–Kier alpha value is -4.53. The zero-order valence-corrected chi connectivity index (χ0v) is 20.2. The van der Waals surface area contributed by atoms with Crippen molar-refractivity contribution < 1.29 is 33.3 Å². The Morgan fingerprint density at radius 1 is 1.00 bits per heavy atom. The number of hydrogen-bond acceptors (Lipinski definition) is 8. The lowest BCUT2D eigenvalue weighted by Crippen LogP contribution is -2.24. The van der Waals surface area contributed by atoms with Gasteiger partial charge < -0.3 is 23.7 Å². The number of nitrogens with zero attached hydrogens (tertiary/aromatic N) is 1. The molecule has 1 N–H and O–H groups in total. The Balaban J connectivity index is 1.30. The Labute approximate surface area is 208 Å². The molecule has 1 amide bonds. The van der Waals surface area contributed by atoms with Crippen LogP contribution in [0.3, 0.4) is 0 Å². The number of benzene rings is 3. The minimum absolute atomic E-state index is 0.152. The van der Waals surface area contributed by atoms with Crippen molar-refractivity contribution in [3.8, 4) is 28.7 Å². The van der Waals surface area contributed by atoms with Gasteiger partial charge in [-0.2, -0.15) is 5.10 Å². The van der Waals surface area contributed by atoms with Crippen LogP contribution in [0.25, 0.3) is 0 Å². The van der Waals surface area contributed by atoms with E-state index < -0.39 is 5.97 Å². The summed E-state index contributed by atoms with van der Waals surface area (Å²) in [6, 6.07) is 15.6. The van der Waals surface area contributed by atoms with Crippen LogP contribution in [-0.2, 0) is 4.79 Å². The van der Waals surface area contributed by atoms with E-state index in [1.165, 1.54) is 13.3 Å². The molecular weight excluding hydrogens is 464 g/mol. The molecule has 36 heavy (non-hydrogen) atoms. The van der Waals surface area contributed by atoms with Crippen molar-refractivity contribution in [1.82, 2.24) is 5.43 Å². The lowest BCUT2D eigenvalue weighted by atomic mass is 10.1. The van der Waals surface area contributed by atoms with E-state index in [0.29, 0.717) is 47.5 Å². The number of methoxy groups -OCH3 is 1. The van der Waals surface area contributed by atoms with Gasteiger partial charge in [-0.15, -0.1) is 0 Å². The molecule has 1 aliphatic heterocycles. The Morgan fingerprint density at radius 2 is 1.78 bits per heavy atom. The maximum Gasteiger partial charge on any atom is 0.343 e. The van der Waals surface area contributed by atoms with Crippen molar-refractivity contribution in [2.24, 2.45) is 5.10 Å². The fourth-order valence-corrected chi connectivity index (χ4v) is 3.40. The van der Waals surface area contributed by atoms with Crippen molar-refractivity contribution in [2.45, 2.75) is 13.8 Å². The minimum Gasteiger partial charge on any atom is -0.493 e. The van der Waals surface area contributed by atoms with E-state index in [9.17, 15) is 9.59 Å². The van der Waals surface area contributed by atoms with E-state index in [1.807, 2.05) is 32.0 Å². The molecule has 0 radical (unpaired) electrons. The average Bonchev–Trinajstić information content (AvgIpc) is 2.89. The number of rotatable bonds is 8. The highest BCUT2D eigenvalue weighted by atomic mass is 16.6. The van der Waals surface area contributed by atoms with E-state index in [4.69, 9.17) is 23.7 Å². The molecule has 186 valence electrons. The van der Waals surface area contributed by atoms with Gasteiger partial charge in [-0.1, -0.05) is 12.1 Å². The zero-order chi connectivity index (χ0) is 25.5. The summed E-state index contributed by atoms with van der Waals surface area (Å²) in [6.45, 7) is 4.52. The van der Waals surface area contributed by atoms with E-state index in [2.05, 4.69) is 10.5 Å². The summed E-state index contributed by atoms with van der Waals surface area (Å²) in [5.41, 5.74) is 5.40. The van der Waals surface area contributed by atoms with Crippen LogP contribution in [0.15, 0.2) is 59.7 Å². The van der Waals surface area contributed by atoms with Crippen LogP contribution in [0.2, 0.25) is 0 Å². The monoisotopic (exact) mass is 490 g/mol. The molecule has 9 heteroatoms. The van der Waals surface area contributed by atoms with Crippen LogP contribution in [0.5, 0.6) is 28.7 Å². The van der Waals surface area contributed by atoms with Gasteiger partial charge in [-0.05, 0) is 73.0 Å². The maximum atomic E-state index is 12.6. The smallest absolute Gasteiger partial charge is 0.343 e. The van der Waals surface area contributed by atoms with Crippen LogP contribution in [0.4, 0.5) is 0 Å². The van der Waals surface area contributed by atoms with Gasteiger partial charge in [0, 0.05) is 0 Å². The Bertz CT molecular complexity index is 1270. The molecule has 0 fully saturated rings. The second-order valence-corrected chi connectivity index (χ2v) is 8.01. The number of aryl methyl sites for hydroxylation is 2. The van der Waals surface area contributed by atoms with Gasteiger partial charge in [0.25, 0.3) is 5.91 Å². The molecule has 9 nitrogen and oxygen atoms in total. The summed E-state index contributed by atoms with van der Waals surface area (Å²) in [7, 11) is 1.49. The fourth-order valence-electron chi connectivity index (χ4n) is 3.40. The lowest BCUT2D eigenvalue weighted by Gasteiger charge is -2.21. The minimum atomic E-state index is -0.567. The fraction of sp³-hybridized carbons (Fsp3) is 0.222. The Morgan fingerprint density at radius 3 is 2.56 bits per heavy atom. The number of carbonyl (C=O) groups excluding carboxylic acids is 2. The summed E-state index contributed by atoms with van der Waals surface area (Å²) in [4.78, 5) is 24.7. The van der Waals surface area contributed by atoms with Crippen LogP contribution in [-0.4, -0.2) is 45.0 Å². The van der Waals surface area contributed by atoms with Gasteiger partial charge in [0.2, 0.25) is 5.75 Å². The highest BCUT2D eigenvalue weighted by molar-refractivity contribution is 5.93. The number of fused-ring (bicyclic) bond motifs is 1. The highest BCUT2D eigenvalue weighted by Gasteiger charge is 2.21. The van der Waals surface area contributed by atoms with Crippen LogP contribution >= 0.6 is 0 Å². The van der Waals surface area contributed by atoms with E-state index in [0.717, 1.165) is 11.1 Å². The highest BCUT2D eigenvalue weighted by Crippen LogP contribution is 2.40. The summed E-state index contributed by atoms with van der Waals surface area (Å²) < 4.78 is 27.4. The average molecular weight is 491 g/mol. The van der Waals surface area contributed by atoms with Gasteiger partial charge in [0.1, 0.15) is 24.7 Å². The molecule has 3 aromatic rings. The number of esters is 1. The molecule has 0 unspecified atom stereocenters. The molecular formula is C27H26N2O7. The van der Waals surface area contributed by atoms with Gasteiger partial charge in [0.05, 0.1) is 18.9 Å². The summed E-state index contributed by atoms with van der Waals surface area (Å²) >= 11 is 0. The van der Waals surface area contributed by atoms with Gasteiger partial charge >= 0.3 is 5.97 Å². The first-order valence-corrected chi connectivity index (χ1v) is 11.2. The second kappa shape index (κ2) is 11.3.